The third kappa shape index (κ3) is 1.28. The van der Waals surface area contributed by atoms with Crippen LogP contribution in [0.5, 0.6) is 0 Å². The maximum Gasteiger partial charge on any atom is 0.160 e. The molecular weight excluding hydrogens is 170 g/mol. The fourth-order valence-corrected chi connectivity index (χ4v) is 2.07. The van der Waals surface area contributed by atoms with E-state index in [0.29, 0.717) is 0 Å². The Kier molecular flexibility index (Phi) is 1.96. The molecule has 2 rings (SSSR count). The molecule has 1 aliphatic heterocycles. The summed E-state index contributed by atoms with van der Waals surface area (Å²) in [6.45, 7) is 1.94. The number of carbonyl (C=O) groups excluding carboxylic acids is 1. The molecule has 0 N–H and O–H groups in total. The van der Waals surface area contributed by atoms with E-state index in [0.717, 1.165) is 24.3 Å². The summed E-state index contributed by atoms with van der Waals surface area (Å²) in [5.74, 6) is 0. The van der Waals surface area contributed by atoms with E-state index in [-0.39, 0.29) is 0 Å². The van der Waals surface area contributed by atoms with E-state index in [2.05, 4.69) is 17.1 Å². The fraction of sp³-hybridized carbons (Fsp3) is 0.222. The molecule has 0 radical (unpaired) electrons. The van der Waals surface area contributed by atoms with E-state index in [1.807, 2.05) is 12.1 Å². The standard InChI is InChI=1S/C9H9NOS/c11-7-8-3-4-9(12-8)10-5-1-2-6-10/h1-4,7H,5-6H2. The second-order valence-electron chi connectivity index (χ2n) is 2.67. The van der Waals surface area contributed by atoms with Gasteiger partial charge in [-0.3, -0.25) is 4.79 Å². The number of nitrogens with zero attached hydrogens (tertiary/aromatic N) is 1. The summed E-state index contributed by atoms with van der Waals surface area (Å²) in [7, 11) is 0. The van der Waals surface area contributed by atoms with Crippen molar-refractivity contribution in [3.63, 3.8) is 0 Å². The molecular formula is C9H9NOS. The molecule has 0 amide bonds. The van der Waals surface area contributed by atoms with Gasteiger partial charge in [-0.25, -0.2) is 0 Å². The van der Waals surface area contributed by atoms with E-state index in [4.69, 9.17) is 0 Å². The summed E-state index contributed by atoms with van der Waals surface area (Å²) in [4.78, 5) is 13.4. The summed E-state index contributed by atoms with van der Waals surface area (Å²) < 4.78 is 0. The number of aldehydes is 1. The molecule has 1 aliphatic rings. The van der Waals surface area contributed by atoms with Crippen molar-refractivity contribution in [2.24, 2.45) is 0 Å². The third-order valence-corrected chi connectivity index (χ3v) is 2.93. The van der Waals surface area contributed by atoms with Gasteiger partial charge >= 0.3 is 0 Å². The van der Waals surface area contributed by atoms with Gasteiger partial charge in [0, 0.05) is 13.1 Å². The van der Waals surface area contributed by atoms with Gasteiger partial charge in [-0.05, 0) is 12.1 Å². The average Bonchev–Trinajstić information content (AvgIpc) is 2.75. The molecule has 0 aliphatic carbocycles. The van der Waals surface area contributed by atoms with E-state index >= 15 is 0 Å². The average molecular weight is 179 g/mol. The Morgan fingerprint density at radius 2 is 2.08 bits per heavy atom. The molecule has 62 valence electrons. The maximum absolute atomic E-state index is 10.4. The first-order chi connectivity index (χ1) is 5.90. The molecule has 0 fully saturated rings. The highest BCUT2D eigenvalue weighted by atomic mass is 32.1. The van der Waals surface area contributed by atoms with Crippen molar-refractivity contribution in [2.75, 3.05) is 18.0 Å². The van der Waals surface area contributed by atoms with Gasteiger partial charge < -0.3 is 4.90 Å². The zero-order valence-electron chi connectivity index (χ0n) is 6.56. The van der Waals surface area contributed by atoms with Crippen LogP contribution in [0.25, 0.3) is 0 Å². The first-order valence-electron chi connectivity index (χ1n) is 3.85. The molecule has 0 saturated heterocycles. The van der Waals surface area contributed by atoms with Gasteiger partial charge in [-0.1, -0.05) is 12.2 Å². The predicted octanol–water partition coefficient (Wildman–Crippen LogP) is 1.94. The zero-order valence-corrected chi connectivity index (χ0v) is 7.38. The Bertz CT molecular complexity index is 308. The molecule has 2 heterocycles. The SMILES string of the molecule is O=Cc1ccc(N2CC=CC2)s1. The molecule has 0 unspecified atom stereocenters. The van der Waals surface area contributed by atoms with E-state index in [9.17, 15) is 4.79 Å². The Labute approximate surface area is 75.1 Å². The lowest BCUT2D eigenvalue weighted by atomic mass is 10.5. The molecule has 1 aromatic heterocycles. The predicted molar refractivity (Wildman–Crippen MR) is 51.1 cm³/mol. The molecule has 0 saturated carbocycles. The van der Waals surface area contributed by atoms with Gasteiger partial charge in [0.1, 0.15) is 0 Å². The normalized spacial score (nSPS) is 15.5. The Morgan fingerprint density at radius 1 is 1.33 bits per heavy atom. The molecule has 1 aromatic rings. The van der Waals surface area contributed by atoms with E-state index in [1.165, 1.54) is 5.00 Å². The molecule has 0 aromatic carbocycles. The summed E-state index contributed by atoms with van der Waals surface area (Å²) >= 11 is 1.55. The van der Waals surface area contributed by atoms with Gasteiger partial charge in [0.25, 0.3) is 0 Å². The summed E-state index contributed by atoms with van der Waals surface area (Å²) in [6, 6.07) is 3.87. The third-order valence-electron chi connectivity index (χ3n) is 1.86. The van der Waals surface area contributed by atoms with Gasteiger partial charge in [0.05, 0.1) is 9.88 Å². The number of carbonyl (C=O) groups is 1. The summed E-state index contributed by atoms with van der Waals surface area (Å²) in [5.41, 5.74) is 0. The quantitative estimate of drug-likeness (QED) is 0.511. The Morgan fingerprint density at radius 3 is 2.67 bits per heavy atom. The lowest BCUT2D eigenvalue weighted by Gasteiger charge is -2.13. The molecule has 0 spiro atoms. The van der Waals surface area contributed by atoms with Crippen LogP contribution in [0.1, 0.15) is 9.67 Å². The largest absolute Gasteiger partial charge is 0.356 e. The number of hydrogen-bond donors (Lipinski definition) is 0. The highest BCUT2D eigenvalue weighted by molar-refractivity contribution is 7.17. The van der Waals surface area contributed by atoms with Gasteiger partial charge in [-0.15, -0.1) is 11.3 Å². The smallest absolute Gasteiger partial charge is 0.160 e. The van der Waals surface area contributed by atoms with E-state index in [1.54, 1.807) is 11.3 Å². The van der Waals surface area contributed by atoms with Crippen molar-refractivity contribution in [3.05, 3.63) is 29.2 Å². The van der Waals surface area contributed by atoms with Crippen molar-refractivity contribution in [1.82, 2.24) is 0 Å². The molecule has 3 heteroatoms. The molecule has 0 atom stereocenters. The van der Waals surface area contributed by atoms with Crippen molar-refractivity contribution < 1.29 is 4.79 Å². The lowest BCUT2D eigenvalue weighted by Crippen LogP contribution is -2.16. The van der Waals surface area contributed by atoms with Crippen LogP contribution in [0.4, 0.5) is 5.00 Å². The van der Waals surface area contributed by atoms with Crippen molar-refractivity contribution in [1.29, 1.82) is 0 Å². The van der Waals surface area contributed by atoms with Crippen LogP contribution in [0, 0.1) is 0 Å². The van der Waals surface area contributed by atoms with Crippen LogP contribution in [0.3, 0.4) is 0 Å². The van der Waals surface area contributed by atoms with Crippen molar-refractivity contribution in [2.45, 2.75) is 0 Å². The zero-order chi connectivity index (χ0) is 8.39. The van der Waals surface area contributed by atoms with Gasteiger partial charge in [-0.2, -0.15) is 0 Å². The highest BCUT2D eigenvalue weighted by Crippen LogP contribution is 2.25. The Hall–Kier alpha value is -1.09. The van der Waals surface area contributed by atoms with Crippen LogP contribution in [0.15, 0.2) is 24.3 Å². The second-order valence-corrected chi connectivity index (χ2v) is 3.76. The minimum atomic E-state index is 0.803. The summed E-state index contributed by atoms with van der Waals surface area (Å²) in [6.07, 6.45) is 5.18. The number of rotatable bonds is 2. The van der Waals surface area contributed by atoms with E-state index < -0.39 is 0 Å². The van der Waals surface area contributed by atoms with Crippen LogP contribution in [-0.2, 0) is 0 Å². The highest BCUT2D eigenvalue weighted by Gasteiger charge is 2.09. The Balaban J connectivity index is 2.17. The minimum Gasteiger partial charge on any atom is -0.356 e. The minimum absolute atomic E-state index is 0.803. The first-order valence-corrected chi connectivity index (χ1v) is 4.67. The topological polar surface area (TPSA) is 20.3 Å². The molecule has 0 bridgehead atoms. The van der Waals surface area contributed by atoms with Gasteiger partial charge in [0.2, 0.25) is 0 Å². The second kappa shape index (κ2) is 3.11. The first kappa shape index (κ1) is 7.55. The number of thiophene rings is 1. The van der Waals surface area contributed by atoms with Crippen LogP contribution >= 0.6 is 11.3 Å². The van der Waals surface area contributed by atoms with Crippen molar-refractivity contribution >= 4 is 22.6 Å². The van der Waals surface area contributed by atoms with Crippen LogP contribution in [-0.4, -0.2) is 19.4 Å². The lowest BCUT2D eigenvalue weighted by molar-refractivity contribution is 0.112. The summed E-state index contributed by atoms with van der Waals surface area (Å²) in [5, 5.41) is 1.18. The molecule has 12 heavy (non-hydrogen) atoms. The van der Waals surface area contributed by atoms with Crippen molar-refractivity contribution in [3.8, 4) is 0 Å². The van der Waals surface area contributed by atoms with Crippen LogP contribution in [0.2, 0.25) is 0 Å². The van der Waals surface area contributed by atoms with Gasteiger partial charge in [0.15, 0.2) is 6.29 Å². The fourth-order valence-electron chi connectivity index (χ4n) is 1.23. The number of hydrogen-bond acceptors (Lipinski definition) is 3. The maximum atomic E-state index is 10.4. The monoisotopic (exact) mass is 179 g/mol. The number of anilines is 1. The van der Waals surface area contributed by atoms with Crippen LogP contribution < -0.4 is 4.90 Å². The molecule has 2 nitrogen and oxygen atoms in total.